The van der Waals surface area contributed by atoms with Crippen LogP contribution in [-0.2, 0) is 9.47 Å². The third-order valence-corrected chi connectivity index (χ3v) is 2.74. The van der Waals surface area contributed by atoms with Gasteiger partial charge >= 0.3 is 0 Å². The first-order valence-corrected chi connectivity index (χ1v) is 4.39. The van der Waals surface area contributed by atoms with Gasteiger partial charge in [-0.2, -0.15) is 0 Å². The summed E-state index contributed by atoms with van der Waals surface area (Å²) in [6, 6.07) is 0. The van der Waals surface area contributed by atoms with Gasteiger partial charge in [0, 0.05) is 6.42 Å². The molecule has 4 atom stereocenters. The highest BCUT2D eigenvalue weighted by atomic mass is 16.6. The maximum absolute atomic E-state index is 5.46. The largest absolute Gasteiger partial charge is 0.369 e. The fourth-order valence-corrected chi connectivity index (χ4v) is 1.88. The summed E-state index contributed by atoms with van der Waals surface area (Å²) in [5, 5.41) is 0. The van der Waals surface area contributed by atoms with Gasteiger partial charge in [-0.15, -0.1) is 0 Å². The van der Waals surface area contributed by atoms with Crippen LogP contribution in [0.1, 0.15) is 19.3 Å². The van der Waals surface area contributed by atoms with Crippen molar-refractivity contribution in [3.8, 4) is 0 Å². The molecule has 0 bridgehead atoms. The van der Waals surface area contributed by atoms with Crippen LogP contribution in [-0.4, -0.2) is 24.4 Å². The molecule has 11 heavy (non-hydrogen) atoms. The van der Waals surface area contributed by atoms with Gasteiger partial charge in [0.15, 0.2) is 0 Å². The first-order valence-electron chi connectivity index (χ1n) is 4.39. The van der Waals surface area contributed by atoms with Crippen molar-refractivity contribution in [3.05, 3.63) is 12.2 Å². The molecule has 3 aliphatic rings. The quantitative estimate of drug-likeness (QED) is 0.385. The Kier molecular flexibility index (Phi) is 1.17. The summed E-state index contributed by atoms with van der Waals surface area (Å²) in [6.07, 6.45) is 9.91. The van der Waals surface area contributed by atoms with E-state index in [4.69, 9.17) is 9.47 Å². The van der Waals surface area contributed by atoms with E-state index in [2.05, 4.69) is 12.2 Å². The van der Waals surface area contributed by atoms with Crippen molar-refractivity contribution in [3.63, 3.8) is 0 Å². The van der Waals surface area contributed by atoms with E-state index in [-0.39, 0.29) is 0 Å². The molecule has 0 N–H and O–H groups in total. The van der Waals surface area contributed by atoms with Crippen molar-refractivity contribution in [1.82, 2.24) is 0 Å². The molecule has 1 aliphatic carbocycles. The van der Waals surface area contributed by atoms with Crippen molar-refractivity contribution >= 4 is 0 Å². The summed E-state index contributed by atoms with van der Waals surface area (Å²) in [7, 11) is 0. The Labute approximate surface area is 66.2 Å². The third-order valence-electron chi connectivity index (χ3n) is 2.74. The Balaban J connectivity index is 1.71. The molecule has 0 spiro atoms. The molecule has 0 aromatic heterocycles. The van der Waals surface area contributed by atoms with E-state index in [9.17, 15) is 0 Å². The molecule has 60 valence electrons. The van der Waals surface area contributed by atoms with Crippen molar-refractivity contribution < 1.29 is 9.47 Å². The highest BCUT2D eigenvalue weighted by Crippen LogP contribution is 2.39. The molecule has 0 saturated carbocycles. The van der Waals surface area contributed by atoms with E-state index in [1.807, 2.05) is 0 Å². The van der Waals surface area contributed by atoms with Crippen LogP contribution in [0.2, 0.25) is 0 Å². The van der Waals surface area contributed by atoms with Gasteiger partial charge in [0.25, 0.3) is 0 Å². The molecule has 2 heterocycles. The Bertz CT molecular complexity index is 180. The smallest absolute Gasteiger partial charge is 0.0877 e. The number of epoxide rings is 2. The average molecular weight is 152 g/mol. The van der Waals surface area contributed by atoms with Gasteiger partial charge in [-0.3, -0.25) is 0 Å². The number of rotatable bonds is 0. The summed E-state index contributed by atoms with van der Waals surface area (Å²) in [5.41, 5.74) is 0. The van der Waals surface area contributed by atoms with Crippen molar-refractivity contribution in [1.29, 1.82) is 0 Å². The molecule has 0 unspecified atom stereocenters. The Morgan fingerprint density at radius 1 is 0.818 bits per heavy atom. The van der Waals surface area contributed by atoms with Gasteiger partial charge in [0.2, 0.25) is 0 Å². The van der Waals surface area contributed by atoms with Gasteiger partial charge in [-0.25, -0.2) is 0 Å². The van der Waals surface area contributed by atoms with Gasteiger partial charge < -0.3 is 9.47 Å². The number of hydrogen-bond acceptors (Lipinski definition) is 2. The SMILES string of the molecule is C1=CC[C@H]2O[C@@H]2C[C@@H]2O[C@@H]2C1. The predicted octanol–water partition coefficient (Wildman–Crippen LogP) is 1.26. The monoisotopic (exact) mass is 152 g/mol. The molecule has 0 aromatic carbocycles. The van der Waals surface area contributed by atoms with Crippen LogP contribution in [0, 0.1) is 0 Å². The zero-order valence-electron chi connectivity index (χ0n) is 6.40. The highest BCUT2D eigenvalue weighted by molar-refractivity contribution is 5.03. The van der Waals surface area contributed by atoms with E-state index in [1.54, 1.807) is 0 Å². The predicted molar refractivity (Wildman–Crippen MR) is 40.3 cm³/mol. The van der Waals surface area contributed by atoms with Gasteiger partial charge in [0.05, 0.1) is 24.4 Å². The van der Waals surface area contributed by atoms with Crippen LogP contribution in [0.15, 0.2) is 12.2 Å². The van der Waals surface area contributed by atoms with Crippen molar-refractivity contribution in [2.24, 2.45) is 0 Å². The summed E-state index contributed by atoms with van der Waals surface area (Å²) in [4.78, 5) is 0. The molecule has 0 aromatic rings. The third kappa shape index (κ3) is 1.10. The van der Waals surface area contributed by atoms with Crippen LogP contribution < -0.4 is 0 Å². The normalized spacial score (nSPS) is 53.1. The summed E-state index contributed by atoms with van der Waals surface area (Å²) >= 11 is 0. The lowest BCUT2D eigenvalue weighted by molar-refractivity contribution is 0.325. The van der Waals surface area contributed by atoms with E-state index in [0.717, 1.165) is 19.3 Å². The molecule has 0 radical (unpaired) electrons. The lowest BCUT2D eigenvalue weighted by Crippen LogP contribution is -1.99. The molecule has 2 aliphatic heterocycles. The maximum Gasteiger partial charge on any atom is 0.0877 e. The first kappa shape index (κ1) is 6.21. The highest BCUT2D eigenvalue weighted by Gasteiger charge is 2.47. The zero-order chi connectivity index (χ0) is 7.26. The van der Waals surface area contributed by atoms with Gasteiger partial charge in [-0.05, 0) is 12.8 Å². The second kappa shape index (κ2) is 2.08. The maximum atomic E-state index is 5.46. The summed E-state index contributed by atoms with van der Waals surface area (Å²) in [6.45, 7) is 0. The minimum atomic E-state index is 0.521. The van der Waals surface area contributed by atoms with Crippen LogP contribution >= 0.6 is 0 Å². The fourth-order valence-electron chi connectivity index (χ4n) is 1.88. The minimum absolute atomic E-state index is 0.521. The number of fused-ring (bicyclic) bond motifs is 2. The molecule has 2 nitrogen and oxygen atoms in total. The first-order chi connectivity index (χ1) is 5.43. The van der Waals surface area contributed by atoms with Crippen molar-refractivity contribution in [2.45, 2.75) is 43.7 Å². The Morgan fingerprint density at radius 3 is 1.91 bits per heavy atom. The van der Waals surface area contributed by atoms with E-state index >= 15 is 0 Å². The van der Waals surface area contributed by atoms with Gasteiger partial charge in [0.1, 0.15) is 0 Å². The van der Waals surface area contributed by atoms with Crippen LogP contribution in [0.25, 0.3) is 0 Å². The van der Waals surface area contributed by atoms with E-state index in [1.165, 1.54) is 0 Å². The van der Waals surface area contributed by atoms with Crippen LogP contribution in [0.3, 0.4) is 0 Å². The fraction of sp³-hybridized carbons (Fsp3) is 0.778. The topological polar surface area (TPSA) is 25.1 Å². The molecule has 0 amide bonds. The van der Waals surface area contributed by atoms with Crippen LogP contribution in [0.5, 0.6) is 0 Å². The van der Waals surface area contributed by atoms with Gasteiger partial charge in [-0.1, -0.05) is 12.2 Å². The van der Waals surface area contributed by atoms with E-state index < -0.39 is 0 Å². The number of hydrogen-bond donors (Lipinski definition) is 0. The van der Waals surface area contributed by atoms with Crippen LogP contribution in [0.4, 0.5) is 0 Å². The Hall–Kier alpha value is -0.340. The summed E-state index contributed by atoms with van der Waals surface area (Å²) in [5.74, 6) is 0. The summed E-state index contributed by atoms with van der Waals surface area (Å²) < 4.78 is 10.9. The minimum Gasteiger partial charge on any atom is -0.369 e. The molecule has 2 fully saturated rings. The average Bonchev–Trinajstić information content (AvgIpc) is 2.87. The van der Waals surface area contributed by atoms with Crippen molar-refractivity contribution in [2.75, 3.05) is 0 Å². The van der Waals surface area contributed by atoms with E-state index in [0.29, 0.717) is 24.4 Å². The molecular weight excluding hydrogens is 140 g/mol. The molecule has 2 heteroatoms. The Morgan fingerprint density at radius 2 is 1.36 bits per heavy atom. The lowest BCUT2D eigenvalue weighted by Gasteiger charge is -1.85. The molecule has 3 rings (SSSR count). The molecular formula is C9H12O2. The standard InChI is InChI=1S/C9H12O2/c1-2-4-7-9(11-7)5-8-6(3-1)10-8/h1-2,6-9H,3-5H2/t6-,7-,8-,9+/m1/s1. The lowest BCUT2D eigenvalue weighted by atomic mass is 10.1. The zero-order valence-corrected chi connectivity index (χ0v) is 6.40. The second-order valence-electron chi connectivity index (χ2n) is 3.60. The second-order valence-corrected chi connectivity index (χ2v) is 3.60. The molecule has 2 saturated heterocycles. The number of ether oxygens (including phenoxy) is 2.